The summed E-state index contributed by atoms with van der Waals surface area (Å²) in [6, 6.07) is 7.37. The van der Waals surface area contributed by atoms with Gasteiger partial charge in [-0.2, -0.15) is 11.8 Å². The predicted molar refractivity (Wildman–Crippen MR) is 91.5 cm³/mol. The van der Waals surface area contributed by atoms with Gasteiger partial charge in [0, 0.05) is 23.1 Å². The van der Waals surface area contributed by atoms with E-state index in [4.69, 9.17) is 16.7 Å². The number of benzene rings is 1. The van der Waals surface area contributed by atoms with E-state index in [0.717, 1.165) is 23.3 Å². The summed E-state index contributed by atoms with van der Waals surface area (Å²) < 4.78 is 0. The Balaban J connectivity index is 1.85. The van der Waals surface area contributed by atoms with E-state index in [2.05, 4.69) is 9.97 Å². The Morgan fingerprint density at radius 2 is 1.83 bits per heavy atom. The summed E-state index contributed by atoms with van der Waals surface area (Å²) in [5.41, 5.74) is 0.968. The van der Waals surface area contributed by atoms with Gasteiger partial charge in [-0.05, 0) is 17.7 Å². The number of halogens is 1. The maximum Gasteiger partial charge on any atom is 0.356 e. The van der Waals surface area contributed by atoms with Crippen LogP contribution in [0.4, 0.5) is 0 Å². The third kappa shape index (κ3) is 3.52. The first-order valence-electron chi connectivity index (χ1n) is 7.26. The number of carbonyl (C=O) groups excluding carboxylic acids is 1. The zero-order valence-corrected chi connectivity index (χ0v) is 14.1. The lowest BCUT2D eigenvalue weighted by molar-refractivity contribution is 0.0675. The number of carboxylic acid groups (broad SMARTS) is 1. The van der Waals surface area contributed by atoms with E-state index < -0.39 is 5.97 Å². The maximum atomic E-state index is 12.8. The number of amides is 1. The zero-order chi connectivity index (χ0) is 17.1. The smallest absolute Gasteiger partial charge is 0.356 e. The van der Waals surface area contributed by atoms with Crippen LogP contribution in [0.1, 0.15) is 32.6 Å². The van der Waals surface area contributed by atoms with Gasteiger partial charge in [0.05, 0.1) is 18.4 Å². The van der Waals surface area contributed by atoms with Crippen molar-refractivity contribution in [3.8, 4) is 0 Å². The lowest BCUT2D eigenvalue weighted by atomic mass is 10.1. The normalized spacial score (nSPS) is 17.5. The minimum Gasteiger partial charge on any atom is -0.476 e. The van der Waals surface area contributed by atoms with Crippen molar-refractivity contribution in [3.05, 3.63) is 58.6 Å². The quantitative estimate of drug-likeness (QED) is 0.902. The number of thioether (sulfide) groups is 1. The van der Waals surface area contributed by atoms with Crippen LogP contribution in [0.3, 0.4) is 0 Å². The van der Waals surface area contributed by atoms with Crippen LogP contribution < -0.4 is 0 Å². The van der Waals surface area contributed by atoms with Crippen LogP contribution in [0.25, 0.3) is 0 Å². The van der Waals surface area contributed by atoms with Crippen molar-refractivity contribution in [2.45, 2.75) is 6.04 Å². The highest BCUT2D eigenvalue weighted by atomic mass is 35.5. The van der Waals surface area contributed by atoms with E-state index in [1.165, 1.54) is 6.20 Å². The predicted octanol–water partition coefficient (Wildman–Crippen LogP) is 2.76. The summed E-state index contributed by atoms with van der Waals surface area (Å²) in [5, 5.41) is 9.51. The molecule has 1 aromatic carbocycles. The van der Waals surface area contributed by atoms with Crippen LogP contribution in [0.5, 0.6) is 0 Å². The summed E-state index contributed by atoms with van der Waals surface area (Å²) in [6.07, 6.45) is 2.32. The van der Waals surface area contributed by atoms with Gasteiger partial charge in [-0.25, -0.2) is 14.8 Å². The highest BCUT2D eigenvalue weighted by Gasteiger charge is 2.30. The molecule has 124 valence electrons. The molecule has 2 heterocycles. The Hall–Kier alpha value is -2.12. The Bertz CT molecular complexity index is 752. The second-order valence-electron chi connectivity index (χ2n) is 5.23. The Labute approximate surface area is 147 Å². The van der Waals surface area contributed by atoms with Gasteiger partial charge in [0.15, 0.2) is 5.69 Å². The average Bonchev–Trinajstić information content (AvgIpc) is 2.62. The number of aromatic carboxylic acids is 1. The van der Waals surface area contributed by atoms with Crippen LogP contribution in [-0.4, -0.2) is 49.9 Å². The van der Waals surface area contributed by atoms with Crippen molar-refractivity contribution in [3.63, 3.8) is 0 Å². The standard InChI is InChI=1S/C16H14ClN3O3S/c17-11-3-1-10(2-4-11)14-9-24-6-5-20(14)15(21)12-7-19-13(8-18-12)16(22)23/h1-4,7-8,14H,5-6,9H2,(H,22,23). The van der Waals surface area contributed by atoms with E-state index in [-0.39, 0.29) is 23.3 Å². The number of hydrogen-bond donors (Lipinski definition) is 1. The molecule has 1 fully saturated rings. The topological polar surface area (TPSA) is 83.4 Å². The van der Waals surface area contributed by atoms with E-state index in [1.54, 1.807) is 28.8 Å². The summed E-state index contributed by atoms with van der Waals surface area (Å²) in [7, 11) is 0. The lowest BCUT2D eigenvalue weighted by Gasteiger charge is -2.35. The molecular weight excluding hydrogens is 350 g/mol. The van der Waals surface area contributed by atoms with Gasteiger partial charge in [0.25, 0.3) is 5.91 Å². The van der Waals surface area contributed by atoms with Gasteiger partial charge in [-0.1, -0.05) is 23.7 Å². The third-order valence-corrected chi connectivity index (χ3v) is 5.01. The van der Waals surface area contributed by atoms with E-state index in [1.807, 2.05) is 12.1 Å². The molecule has 1 aliphatic rings. The Kier molecular flexibility index (Phi) is 5.01. The number of hydrogen-bond acceptors (Lipinski definition) is 5. The first-order valence-corrected chi connectivity index (χ1v) is 8.79. The fourth-order valence-corrected chi connectivity index (χ4v) is 3.72. The van der Waals surface area contributed by atoms with Crippen LogP contribution in [0.15, 0.2) is 36.7 Å². The molecule has 6 nitrogen and oxygen atoms in total. The molecule has 1 aromatic heterocycles. The fourth-order valence-electron chi connectivity index (χ4n) is 2.50. The molecule has 0 aliphatic carbocycles. The number of aromatic nitrogens is 2. The molecule has 8 heteroatoms. The Morgan fingerprint density at radius 1 is 1.17 bits per heavy atom. The molecule has 3 rings (SSSR count). The van der Waals surface area contributed by atoms with E-state index in [0.29, 0.717) is 11.6 Å². The fraction of sp³-hybridized carbons (Fsp3) is 0.250. The SMILES string of the molecule is O=C(O)c1cnc(C(=O)N2CCSCC2c2ccc(Cl)cc2)cn1. The monoisotopic (exact) mass is 363 g/mol. The van der Waals surface area contributed by atoms with Crippen molar-refractivity contribution >= 4 is 35.2 Å². The molecule has 0 bridgehead atoms. The van der Waals surface area contributed by atoms with Crippen molar-refractivity contribution in [1.82, 2.24) is 14.9 Å². The van der Waals surface area contributed by atoms with Crippen LogP contribution in [-0.2, 0) is 0 Å². The van der Waals surface area contributed by atoms with Crippen molar-refractivity contribution in [2.75, 3.05) is 18.1 Å². The minimum absolute atomic E-state index is 0.0746. The second kappa shape index (κ2) is 7.19. The first-order chi connectivity index (χ1) is 11.6. The van der Waals surface area contributed by atoms with E-state index >= 15 is 0 Å². The van der Waals surface area contributed by atoms with Crippen LogP contribution in [0.2, 0.25) is 5.02 Å². The van der Waals surface area contributed by atoms with Gasteiger partial charge < -0.3 is 10.0 Å². The summed E-state index contributed by atoms with van der Waals surface area (Å²) in [5.74, 6) is 0.208. The van der Waals surface area contributed by atoms with Gasteiger partial charge in [0.2, 0.25) is 0 Å². The summed E-state index contributed by atoms with van der Waals surface area (Å²) in [4.78, 5) is 33.1. The maximum absolute atomic E-state index is 12.8. The molecule has 1 atom stereocenters. The zero-order valence-electron chi connectivity index (χ0n) is 12.6. The molecular formula is C16H14ClN3O3S. The first kappa shape index (κ1) is 16.7. The molecule has 1 N–H and O–H groups in total. The molecule has 1 aliphatic heterocycles. The number of nitrogens with zero attached hydrogens (tertiary/aromatic N) is 3. The number of carboxylic acids is 1. The second-order valence-corrected chi connectivity index (χ2v) is 6.82. The highest BCUT2D eigenvalue weighted by molar-refractivity contribution is 7.99. The van der Waals surface area contributed by atoms with E-state index in [9.17, 15) is 9.59 Å². The summed E-state index contributed by atoms with van der Waals surface area (Å²) in [6.45, 7) is 0.596. The molecule has 1 unspecified atom stereocenters. The minimum atomic E-state index is -1.17. The highest BCUT2D eigenvalue weighted by Crippen LogP contribution is 2.31. The van der Waals surface area contributed by atoms with Crippen molar-refractivity contribution < 1.29 is 14.7 Å². The van der Waals surface area contributed by atoms with Gasteiger partial charge in [0.1, 0.15) is 5.69 Å². The molecule has 2 aromatic rings. The van der Waals surface area contributed by atoms with Crippen molar-refractivity contribution in [1.29, 1.82) is 0 Å². The lowest BCUT2D eigenvalue weighted by Crippen LogP contribution is -2.41. The largest absolute Gasteiger partial charge is 0.476 e. The molecule has 24 heavy (non-hydrogen) atoms. The van der Waals surface area contributed by atoms with Crippen LogP contribution in [0, 0.1) is 0 Å². The van der Waals surface area contributed by atoms with Gasteiger partial charge in [-0.3, -0.25) is 4.79 Å². The average molecular weight is 364 g/mol. The molecule has 0 radical (unpaired) electrons. The molecule has 0 spiro atoms. The molecule has 0 saturated carbocycles. The number of rotatable bonds is 3. The Morgan fingerprint density at radius 3 is 2.46 bits per heavy atom. The number of carbonyl (C=O) groups is 2. The summed E-state index contributed by atoms with van der Waals surface area (Å²) >= 11 is 7.72. The van der Waals surface area contributed by atoms with Gasteiger partial charge >= 0.3 is 5.97 Å². The van der Waals surface area contributed by atoms with Gasteiger partial charge in [-0.15, -0.1) is 0 Å². The van der Waals surface area contributed by atoms with Crippen molar-refractivity contribution in [2.24, 2.45) is 0 Å². The molecule has 1 saturated heterocycles. The van der Waals surface area contributed by atoms with Crippen LogP contribution >= 0.6 is 23.4 Å². The molecule has 1 amide bonds. The third-order valence-electron chi connectivity index (χ3n) is 3.73.